The Bertz CT molecular complexity index is 551. The van der Waals surface area contributed by atoms with E-state index in [4.69, 9.17) is 4.74 Å². The van der Waals surface area contributed by atoms with E-state index in [2.05, 4.69) is 57.3 Å². The van der Waals surface area contributed by atoms with Gasteiger partial charge < -0.3 is 10.1 Å². The third-order valence-electron chi connectivity index (χ3n) is 3.23. The standard InChI is InChI=1S/C17H23NOS/c1-12-9-13(2)17(14(3)10-12)19-8-7-18-11-16-6-5-15(4)20-16/h5-6,9-10,18H,7-8,11H2,1-4H3. The van der Waals surface area contributed by atoms with Gasteiger partial charge in [-0.25, -0.2) is 0 Å². The van der Waals surface area contributed by atoms with Crippen LogP contribution in [0.3, 0.4) is 0 Å². The summed E-state index contributed by atoms with van der Waals surface area (Å²) in [5.74, 6) is 1.03. The van der Waals surface area contributed by atoms with E-state index in [9.17, 15) is 0 Å². The lowest BCUT2D eigenvalue weighted by Crippen LogP contribution is -2.20. The van der Waals surface area contributed by atoms with E-state index in [1.165, 1.54) is 26.4 Å². The second kappa shape index (κ2) is 6.91. The van der Waals surface area contributed by atoms with Gasteiger partial charge >= 0.3 is 0 Å². The third-order valence-corrected chi connectivity index (χ3v) is 4.23. The van der Waals surface area contributed by atoms with Crippen molar-refractivity contribution in [2.24, 2.45) is 0 Å². The predicted molar refractivity (Wildman–Crippen MR) is 86.9 cm³/mol. The van der Waals surface area contributed by atoms with Crippen molar-refractivity contribution in [3.05, 3.63) is 50.7 Å². The van der Waals surface area contributed by atoms with Crippen molar-refractivity contribution in [1.29, 1.82) is 0 Å². The fourth-order valence-corrected chi connectivity index (χ4v) is 3.27. The van der Waals surface area contributed by atoms with Crippen LogP contribution in [0, 0.1) is 27.7 Å². The Balaban J connectivity index is 1.76. The molecule has 0 spiro atoms. The summed E-state index contributed by atoms with van der Waals surface area (Å²) in [4.78, 5) is 2.74. The second-order valence-corrected chi connectivity index (χ2v) is 6.64. The van der Waals surface area contributed by atoms with Gasteiger partial charge in [0.2, 0.25) is 0 Å². The van der Waals surface area contributed by atoms with E-state index in [1.54, 1.807) is 0 Å². The first-order chi connectivity index (χ1) is 9.56. The topological polar surface area (TPSA) is 21.3 Å². The number of rotatable bonds is 6. The number of nitrogens with one attached hydrogen (secondary N) is 1. The Morgan fingerprint density at radius 3 is 2.35 bits per heavy atom. The van der Waals surface area contributed by atoms with Crippen LogP contribution in [0.25, 0.3) is 0 Å². The predicted octanol–water partition coefficient (Wildman–Crippen LogP) is 4.15. The van der Waals surface area contributed by atoms with Crippen LogP contribution < -0.4 is 10.1 Å². The Hall–Kier alpha value is -1.32. The maximum absolute atomic E-state index is 5.91. The second-order valence-electron chi connectivity index (χ2n) is 5.27. The summed E-state index contributed by atoms with van der Waals surface area (Å²) in [5.41, 5.74) is 3.73. The fourth-order valence-electron chi connectivity index (χ4n) is 2.41. The van der Waals surface area contributed by atoms with Crippen LogP contribution in [-0.2, 0) is 6.54 Å². The molecule has 0 aliphatic heterocycles. The van der Waals surface area contributed by atoms with Crippen molar-refractivity contribution in [1.82, 2.24) is 5.32 Å². The molecular formula is C17H23NOS. The molecule has 0 unspecified atom stereocenters. The highest BCUT2D eigenvalue weighted by molar-refractivity contribution is 7.11. The molecule has 1 N–H and O–H groups in total. The minimum atomic E-state index is 0.703. The summed E-state index contributed by atoms with van der Waals surface area (Å²) in [6.45, 7) is 11.0. The lowest BCUT2D eigenvalue weighted by Gasteiger charge is -2.13. The average Bonchev–Trinajstić information content (AvgIpc) is 2.77. The van der Waals surface area contributed by atoms with Gasteiger partial charge in [-0.3, -0.25) is 0 Å². The van der Waals surface area contributed by atoms with E-state index in [1.807, 2.05) is 11.3 Å². The zero-order valence-corrected chi connectivity index (χ0v) is 13.6. The van der Waals surface area contributed by atoms with Gasteiger partial charge in [0, 0.05) is 22.8 Å². The Morgan fingerprint density at radius 2 is 1.75 bits per heavy atom. The maximum Gasteiger partial charge on any atom is 0.125 e. The lowest BCUT2D eigenvalue weighted by atomic mass is 10.1. The van der Waals surface area contributed by atoms with Crippen molar-refractivity contribution in [3.63, 3.8) is 0 Å². The van der Waals surface area contributed by atoms with Crippen LogP contribution in [0.4, 0.5) is 0 Å². The van der Waals surface area contributed by atoms with E-state index in [0.29, 0.717) is 6.61 Å². The molecule has 1 heterocycles. The highest BCUT2D eigenvalue weighted by Gasteiger charge is 2.04. The van der Waals surface area contributed by atoms with Crippen molar-refractivity contribution in [2.75, 3.05) is 13.2 Å². The minimum Gasteiger partial charge on any atom is -0.492 e. The quantitative estimate of drug-likeness (QED) is 0.807. The van der Waals surface area contributed by atoms with E-state index in [0.717, 1.165) is 18.8 Å². The smallest absolute Gasteiger partial charge is 0.125 e. The number of benzene rings is 1. The SMILES string of the molecule is Cc1cc(C)c(OCCNCc2ccc(C)s2)c(C)c1. The molecule has 1 aromatic heterocycles. The summed E-state index contributed by atoms with van der Waals surface area (Å²) in [6, 6.07) is 8.69. The lowest BCUT2D eigenvalue weighted by molar-refractivity contribution is 0.310. The molecule has 0 atom stereocenters. The zero-order chi connectivity index (χ0) is 14.5. The molecule has 2 rings (SSSR count). The van der Waals surface area contributed by atoms with Crippen molar-refractivity contribution < 1.29 is 4.74 Å². The molecule has 1 aromatic carbocycles. The number of hydrogen-bond acceptors (Lipinski definition) is 3. The van der Waals surface area contributed by atoms with E-state index >= 15 is 0 Å². The van der Waals surface area contributed by atoms with Crippen molar-refractivity contribution >= 4 is 11.3 Å². The normalized spacial score (nSPS) is 10.8. The van der Waals surface area contributed by atoms with Gasteiger partial charge in [0.05, 0.1) is 0 Å². The number of thiophene rings is 1. The summed E-state index contributed by atoms with van der Waals surface area (Å²) < 4.78 is 5.91. The average molecular weight is 289 g/mol. The summed E-state index contributed by atoms with van der Waals surface area (Å²) >= 11 is 1.85. The van der Waals surface area contributed by atoms with Gasteiger partial charge in [-0.1, -0.05) is 17.7 Å². The first-order valence-electron chi connectivity index (χ1n) is 7.03. The van der Waals surface area contributed by atoms with Gasteiger partial charge in [-0.2, -0.15) is 0 Å². The van der Waals surface area contributed by atoms with E-state index in [-0.39, 0.29) is 0 Å². The van der Waals surface area contributed by atoms with Crippen LogP contribution in [0.2, 0.25) is 0 Å². The summed E-state index contributed by atoms with van der Waals surface area (Å²) in [5, 5.41) is 3.42. The van der Waals surface area contributed by atoms with Crippen molar-refractivity contribution in [2.45, 2.75) is 34.2 Å². The molecule has 0 radical (unpaired) electrons. The molecule has 0 saturated carbocycles. The fraction of sp³-hybridized carbons (Fsp3) is 0.412. The molecule has 0 amide bonds. The maximum atomic E-state index is 5.91. The first-order valence-corrected chi connectivity index (χ1v) is 7.84. The summed E-state index contributed by atoms with van der Waals surface area (Å²) in [7, 11) is 0. The van der Waals surface area contributed by atoms with Crippen LogP contribution in [0.5, 0.6) is 5.75 Å². The Labute approximate surface area is 125 Å². The minimum absolute atomic E-state index is 0.703. The molecule has 0 saturated heterocycles. The van der Waals surface area contributed by atoms with Crippen LogP contribution >= 0.6 is 11.3 Å². The molecular weight excluding hydrogens is 266 g/mol. The van der Waals surface area contributed by atoms with Gasteiger partial charge in [0.1, 0.15) is 12.4 Å². The molecule has 0 fully saturated rings. The van der Waals surface area contributed by atoms with Gasteiger partial charge in [0.25, 0.3) is 0 Å². The monoisotopic (exact) mass is 289 g/mol. The summed E-state index contributed by atoms with van der Waals surface area (Å²) in [6.07, 6.45) is 0. The molecule has 20 heavy (non-hydrogen) atoms. The van der Waals surface area contributed by atoms with Gasteiger partial charge in [0.15, 0.2) is 0 Å². The zero-order valence-electron chi connectivity index (χ0n) is 12.7. The molecule has 0 bridgehead atoms. The molecule has 2 nitrogen and oxygen atoms in total. The molecule has 0 aliphatic carbocycles. The highest BCUT2D eigenvalue weighted by Crippen LogP contribution is 2.24. The van der Waals surface area contributed by atoms with E-state index < -0.39 is 0 Å². The first kappa shape index (κ1) is 15.1. The molecule has 2 aromatic rings. The van der Waals surface area contributed by atoms with Crippen molar-refractivity contribution in [3.8, 4) is 5.75 Å². The molecule has 3 heteroatoms. The van der Waals surface area contributed by atoms with Crippen LogP contribution in [0.15, 0.2) is 24.3 Å². The number of hydrogen-bond donors (Lipinski definition) is 1. The largest absolute Gasteiger partial charge is 0.492 e. The van der Waals surface area contributed by atoms with Crippen LogP contribution in [-0.4, -0.2) is 13.2 Å². The van der Waals surface area contributed by atoms with Crippen LogP contribution in [0.1, 0.15) is 26.4 Å². The van der Waals surface area contributed by atoms with Gasteiger partial charge in [-0.05, 0) is 51.0 Å². The molecule has 0 aliphatic rings. The Morgan fingerprint density at radius 1 is 1.05 bits per heavy atom. The molecule has 108 valence electrons. The third kappa shape index (κ3) is 4.09. The number of aryl methyl sites for hydroxylation is 4. The Kier molecular flexibility index (Phi) is 5.21. The van der Waals surface area contributed by atoms with Gasteiger partial charge in [-0.15, -0.1) is 11.3 Å². The number of ether oxygens (including phenoxy) is 1. The highest BCUT2D eigenvalue weighted by atomic mass is 32.1.